The highest BCUT2D eigenvalue weighted by atomic mass is 16.3. The number of nitrogens with zero attached hydrogens (tertiary/aromatic N) is 4. The molecule has 0 fully saturated rings. The lowest BCUT2D eigenvalue weighted by Crippen LogP contribution is -2.23. The van der Waals surface area contributed by atoms with Crippen molar-refractivity contribution in [2.45, 2.75) is 32.0 Å². The largest absolute Gasteiger partial charge is 0.379 e. The lowest BCUT2D eigenvalue weighted by atomic mass is 9.98. The lowest BCUT2D eigenvalue weighted by molar-refractivity contribution is 0.190. The number of aliphatic hydroxyl groups excluding tert-OH is 1. The van der Waals surface area contributed by atoms with Gasteiger partial charge in [-0.15, -0.1) is 0 Å². The third-order valence-electron chi connectivity index (χ3n) is 5.87. The first kappa shape index (κ1) is 18.5. The molecule has 2 atom stereocenters. The molecule has 3 N–H and O–H groups in total. The molecular formula is C23H24N6O. The molecule has 1 aromatic heterocycles. The summed E-state index contributed by atoms with van der Waals surface area (Å²) < 4.78 is 1.75. The average Bonchev–Trinajstić information content (AvgIpc) is 3.29. The Hall–Kier alpha value is -3.50. The number of nitrogens with one attached hydrogen (secondary N) is 2. The van der Waals surface area contributed by atoms with Gasteiger partial charge >= 0.3 is 0 Å². The van der Waals surface area contributed by atoms with Crippen molar-refractivity contribution in [2.24, 2.45) is 7.05 Å². The second kappa shape index (κ2) is 7.08. The van der Waals surface area contributed by atoms with E-state index in [1.54, 1.807) is 10.9 Å². The third-order valence-corrected chi connectivity index (χ3v) is 5.87. The summed E-state index contributed by atoms with van der Waals surface area (Å²) in [6.07, 6.45) is 4.69. The average molecular weight is 400 g/mol. The molecule has 0 radical (unpaired) electrons. The van der Waals surface area contributed by atoms with Crippen molar-refractivity contribution in [2.75, 3.05) is 22.1 Å². The zero-order chi connectivity index (χ0) is 20.8. The van der Waals surface area contributed by atoms with E-state index in [2.05, 4.69) is 45.8 Å². The van der Waals surface area contributed by atoms with E-state index in [9.17, 15) is 10.4 Å². The number of hydrogen-bond donors (Lipinski definition) is 3. The smallest absolute Gasteiger partial charge is 0.126 e. The molecule has 2 aliphatic rings. The molecule has 0 saturated carbocycles. The van der Waals surface area contributed by atoms with E-state index in [4.69, 9.17) is 0 Å². The van der Waals surface area contributed by atoms with Crippen molar-refractivity contribution in [1.29, 1.82) is 5.26 Å². The van der Waals surface area contributed by atoms with Crippen LogP contribution in [-0.2, 0) is 13.5 Å². The van der Waals surface area contributed by atoms with Gasteiger partial charge in [0.1, 0.15) is 6.23 Å². The summed E-state index contributed by atoms with van der Waals surface area (Å²) in [6.45, 7) is 2.91. The maximum Gasteiger partial charge on any atom is 0.126 e. The molecule has 2 aliphatic heterocycles. The highest BCUT2D eigenvalue weighted by Crippen LogP contribution is 2.44. The number of anilines is 4. The number of aromatic nitrogens is 2. The van der Waals surface area contributed by atoms with Crippen molar-refractivity contribution < 1.29 is 5.11 Å². The molecule has 3 aromatic rings. The van der Waals surface area contributed by atoms with Crippen LogP contribution in [0, 0.1) is 11.3 Å². The van der Waals surface area contributed by atoms with Gasteiger partial charge in [0.05, 0.1) is 34.9 Å². The van der Waals surface area contributed by atoms with Crippen LogP contribution in [0.25, 0.3) is 11.1 Å². The number of fused-ring (bicyclic) bond motifs is 2. The Kier molecular flexibility index (Phi) is 4.37. The van der Waals surface area contributed by atoms with Gasteiger partial charge in [-0.25, -0.2) is 0 Å². The zero-order valence-electron chi connectivity index (χ0n) is 17.1. The van der Waals surface area contributed by atoms with Crippen LogP contribution >= 0.6 is 0 Å². The Morgan fingerprint density at radius 2 is 2.10 bits per heavy atom. The van der Waals surface area contributed by atoms with Gasteiger partial charge < -0.3 is 20.6 Å². The molecule has 0 bridgehead atoms. The summed E-state index contributed by atoms with van der Waals surface area (Å²) >= 11 is 0. The summed E-state index contributed by atoms with van der Waals surface area (Å²) in [5, 5.41) is 31.1. The maximum absolute atomic E-state index is 10.2. The summed E-state index contributed by atoms with van der Waals surface area (Å²) in [7, 11) is 1.88. The molecule has 3 heterocycles. The summed E-state index contributed by atoms with van der Waals surface area (Å²) in [4.78, 5) is 2.27. The van der Waals surface area contributed by atoms with Crippen molar-refractivity contribution in [3.63, 3.8) is 0 Å². The van der Waals surface area contributed by atoms with Gasteiger partial charge in [-0.3, -0.25) is 4.68 Å². The fourth-order valence-corrected chi connectivity index (χ4v) is 4.49. The fraction of sp³-hybridized carbons (Fsp3) is 0.304. The van der Waals surface area contributed by atoms with E-state index in [0.29, 0.717) is 12.0 Å². The minimum absolute atomic E-state index is 0.139. The summed E-state index contributed by atoms with van der Waals surface area (Å²) in [6, 6.07) is 12.7. The normalized spacial score (nSPS) is 19.9. The van der Waals surface area contributed by atoms with Crippen molar-refractivity contribution >= 4 is 22.7 Å². The van der Waals surface area contributed by atoms with E-state index in [0.717, 1.165) is 46.8 Å². The minimum atomic E-state index is -0.581. The molecule has 0 aliphatic carbocycles. The molecule has 30 heavy (non-hydrogen) atoms. The Balaban J connectivity index is 1.60. The molecule has 0 saturated heterocycles. The molecule has 5 rings (SSSR count). The Morgan fingerprint density at radius 1 is 1.23 bits per heavy atom. The Morgan fingerprint density at radius 3 is 2.87 bits per heavy atom. The number of rotatable bonds is 2. The highest BCUT2D eigenvalue weighted by Gasteiger charge is 2.28. The van der Waals surface area contributed by atoms with Gasteiger partial charge in [-0.2, -0.15) is 10.4 Å². The number of para-hydroxylation sites is 1. The van der Waals surface area contributed by atoms with Crippen molar-refractivity contribution in [3.8, 4) is 17.2 Å². The van der Waals surface area contributed by atoms with Crippen LogP contribution in [0.15, 0.2) is 42.7 Å². The topological polar surface area (TPSA) is 89.1 Å². The van der Waals surface area contributed by atoms with E-state index in [-0.39, 0.29) is 6.04 Å². The van der Waals surface area contributed by atoms with E-state index < -0.39 is 6.23 Å². The first-order valence-corrected chi connectivity index (χ1v) is 10.2. The molecular weight excluding hydrogens is 376 g/mol. The summed E-state index contributed by atoms with van der Waals surface area (Å²) in [5.74, 6) is 0. The first-order valence-electron chi connectivity index (χ1n) is 10.2. The molecule has 1 unspecified atom stereocenters. The zero-order valence-corrected chi connectivity index (χ0v) is 17.1. The van der Waals surface area contributed by atoms with Crippen LogP contribution in [0.2, 0.25) is 0 Å². The van der Waals surface area contributed by atoms with Crippen LogP contribution < -0.4 is 15.5 Å². The SMILES string of the molecule is C[C@@H]1CC(O)Nc2cccc(N3CCc4cc(-c5cnn(C)c5)c(C#N)cc43)c2N1. The second-order valence-corrected chi connectivity index (χ2v) is 8.08. The molecule has 7 nitrogen and oxygen atoms in total. The lowest BCUT2D eigenvalue weighted by Gasteiger charge is -2.25. The van der Waals surface area contributed by atoms with Crippen LogP contribution in [0.5, 0.6) is 0 Å². The van der Waals surface area contributed by atoms with Crippen molar-refractivity contribution in [3.05, 3.63) is 53.9 Å². The van der Waals surface area contributed by atoms with Crippen LogP contribution in [0.1, 0.15) is 24.5 Å². The minimum Gasteiger partial charge on any atom is -0.379 e. The van der Waals surface area contributed by atoms with Crippen LogP contribution in [-0.4, -0.2) is 33.7 Å². The van der Waals surface area contributed by atoms with Gasteiger partial charge in [-0.1, -0.05) is 6.07 Å². The maximum atomic E-state index is 10.2. The first-order chi connectivity index (χ1) is 14.5. The predicted molar refractivity (Wildman–Crippen MR) is 118 cm³/mol. The van der Waals surface area contributed by atoms with Gasteiger partial charge in [0.25, 0.3) is 0 Å². The molecule has 2 aromatic carbocycles. The third kappa shape index (κ3) is 3.06. The van der Waals surface area contributed by atoms with Gasteiger partial charge in [0.15, 0.2) is 0 Å². The van der Waals surface area contributed by atoms with Crippen LogP contribution in [0.4, 0.5) is 22.7 Å². The fourth-order valence-electron chi connectivity index (χ4n) is 4.49. The van der Waals surface area contributed by atoms with Crippen LogP contribution in [0.3, 0.4) is 0 Å². The van der Waals surface area contributed by atoms with Gasteiger partial charge in [-0.05, 0) is 43.2 Å². The number of benzene rings is 2. The standard InChI is InChI=1S/C23H24N6O/c1-14-8-22(30)27-19-4-3-5-20(23(19)26-14)29-7-6-15-9-18(16(11-24)10-21(15)29)17-12-25-28(2)13-17/h3-5,9-10,12-14,22,26-27,30H,6-8H2,1-2H3/t14-,22?/m1/s1. The molecule has 0 spiro atoms. The predicted octanol–water partition coefficient (Wildman–Crippen LogP) is 3.59. The second-order valence-electron chi connectivity index (χ2n) is 8.08. The quantitative estimate of drug-likeness (QED) is 0.609. The number of nitriles is 1. The number of hydrogen-bond acceptors (Lipinski definition) is 6. The Labute approximate surface area is 175 Å². The monoisotopic (exact) mass is 400 g/mol. The molecule has 152 valence electrons. The molecule has 0 amide bonds. The van der Waals surface area contributed by atoms with Gasteiger partial charge in [0.2, 0.25) is 0 Å². The highest BCUT2D eigenvalue weighted by molar-refractivity contribution is 5.89. The van der Waals surface area contributed by atoms with E-state index in [1.807, 2.05) is 31.4 Å². The van der Waals surface area contributed by atoms with Gasteiger partial charge in [0, 0.05) is 49.1 Å². The number of aryl methyl sites for hydroxylation is 1. The number of aliphatic hydroxyl groups is 1. The van der Waals surface area contributed by atoms with E-state index in [1.165, 1.54) is 5.56 Å². The van der Waals surface area contributed by atoms with E-state index >= 15 is 0 Å². The van der Waals surface area contributed by atoms with Crippen molar-refractivity contribution in [1.82, 2.24) is 9.78 Å². The summed E-state index contributed by atoms with van der Waals surface area (Å²) in [5.41, 5.74) is 7.75. The molecule has 7 heteroatoms. The Bertz CT molecular complexity index is 1160.